The predicted molar refractivity (Wildman–Crippen MR) is 177 cm³/mol. The summed E-state index contributed by atoms with van der Waals surface area (Å²) in [5, 5.41) is 12.5. The molecule has 0 unspecified atom stereocenters. The number of halogens is 1. The van der Waals surface area contributed by atoms with Gasteiger partial charge < -0.3 is 14.5 Å². The SMILES string of the molecule is CC(C)(C)c1ccc(/C=N\N=C2\S/C(=C\c3ccccc3OCC(=O)Nc3ccc(Cl)cc3)C(=O)N2Cc2ccco2)cc1. The third-order valence-corrected chi connectivity index (χ3v) is 7.85. The summed E-state index contributed by atoms with van der Waals surface area (Å²) < 4.78 is 11.3. The second kappa shape index (κ2) is 13.8. The summed E-state index contributed by atoms with van der Waals surface area (Å²) in [5.41, 5.74) is 3.43. The molecule has 0 saturated carbocycles. The molecule has 224 valence electrons. The first-order valence-corrected chi connectivity index (χ1v) is 15.1. The van der Waals surface area contributed by atoms with Crippen LogP contribution in [0.1, 0.15) is 43.2 Å². The summed E-state index contributed by atoms with van der Waals surface area (Å²) in [6, 6.07) is 25.7. The van der Waals surface area contributed by atoms with Gasteiger partial charge in [-0.1, -0.05) is 74.8 Å². The lowest BCUT2D eigenvalue weighted by Gasteiger charge is -2.18. The molecule has 0 atom stereocenters. The summed E-state index contributed by atoms with van der Waals surface area (Å²) in [5.74, 6) is 0.501. The van der Waals surface area contributed by atoms with Crippen LogP contribution in [-0.2, 0) is 21.5 Å². The number of carbonyl (C=O) groups excluding carboxylic acids is 2. The van der Waals surface area contributed by atoms with Crippen LogP contribution >= 0.6 is 23.4 Å². The first-order valence-electron chi connectivity index (χ1n) is 13.9. The van der Waals surface area contributed by atoms with Gasteiger partial charge in [0.05, 0.1) is 23.9 Å². The predicted octanol–water partition coefficient (Wildman–Crippen LogP) is 7.75. The normalized spacial score (nSPS) is 15.5. The molecule has 2 amide bonds. The van der Waals surface area contributed by atoms with Crippen molar-refractivity contribution in [3.63, 3.8) is 0 Å². The maximum absolute atomic E-state index is 13.6. The maximum Gasteiger partial charge on any atom is 0.267 e. The number of nitrogens with zero attached hydrogens (tertiary/aromatic N) is 3. The van der Waals surface area contributed by atoms with Crippen LogP contribution in [0.25, 0.3) is 6.08 Å². The molecule has 0 bridgehead atoms. The number of amides is 2. The Kier molecular flexibility index (Phi) is 9.67. The molecule has 44 heavy (non-hydrogen) atoms. The van der Waals surface area contributed by atoms with E-state index in [2.05, 4.69) is 48.4 Å². The summed E-state index contributed by atoms with van der Waals surface area (Å²) in [4.78, 5) is 28.0. The first-order chi connectivity index (χ1) is 21.2. The van der Waals surface area contributed by atoms with Gasteiger partial charge in [-0.2, -0.15) is 5.10 Å². The molecule has 0 spiro atoms. The molecular weight excluding hydrogens is 596 g/mol. The molecule has 8 nitrogen and oxygen atoms in total. The Morgan fingerprint density at radius 1 is 1.02 bits per heavy atom. The van der Waals surface area contributed by atoms with Gasteiger partial charge in [-0.3, -0.25) is 14.5 Å². The summed E-state index contributed by atoms with van der Waals surface area (Å²) in [7, 11) is 0. The Hall–Kier alpha value is -4.60. The van der Waals surface area contributed by atoms with E-state index in [1.165, 1.54) is 22.2 Å². The van der Waals surface area contributed by atoms with Gasteiger partial charge in [0.1, 0.15) is 11.5 Å². The Morgan fingerprint density at radius 2 is 1.77 bits per heavy atom. The molecule has 10 heteroatoms. The number of thioether (sulfide) groups is 1. The zero-order chi connectivity index (χ0) is 31.1. The largest absolute Gasteiger partial charge is 0.483 e. The van der Waals surface area contributed by atoms with E-state index in [0.717, 1.165) is 5.56 Å². The lowest BCUT2D eigenvalue weighted by molar-refractivity contribution is -0.122. The zero-order valence-corrected chi connectivity index (χ0v) is 26.1. The summed E-state index contributed by atoms with van der Waals surface area (Å²) in [6.07, 6.45) is 4.95. The van der Waals surface area contributed by atoms with Crippen molar-refractivity contribution < 1.29 is 18.7 Å². The number of anilines is 1. The van der Waals surface area contributed by atoms with Gasteiger partial charge in [-0.15, -0.1) is 5.10 Å². The molecule has 0 aliphatic carbocycles. The zero-order valence-electron chi connectivity index (χ0n) is 24.5. The molecule has 4 aromatic rings. The first kappa shape index (κ1) is 30.8. The molecule has 1 N–H and O–H groups in total. The van der Waals surface area contributed by atoms with E-state index in [1.807, 2.05) is 24.3 Å². The lowest BCUT2D eigenvalue weighted by atomic mass is 9.87. The van der Waals surface area contributed by atoms with Crippen molar-refractivity contribution in [2.75, 3.05) is 11.9 Å². The highest BCUT2D eigenvalue weighted by Crippen LogP contribution is 2.35. The Morgan fingerprint density at radius 3 is 2.48 bits per heavy atom. The lowest BCUT2D eigenvalue weighted by Crippen LogP contribution is -2.28. The van der Waals surface area contributed by atoms with Gasteiger partial charge in [-0.05, 0) is 76.8 Å². The van der Waals surface area contributed by atoms with E-state index < -0.39 is 0 Å². The minimum Gasteiger partial charge on any atom is -0.483 e. The second-order valence-corrected chi connectivity index (χ2v) is 12.4. The van der Waals surface area contributed by atoms with E-state index in [9.17, 15) is 9.59 Å². The fraction of sp³-hybridized carbons (Fsp3) is 0.176. The number of para-hydroxylation sites is 1. The third kappa shape index (κ3) is 8.06. The smallest absolute Gasteiger partial charge is 0.267 e. The van der Waals surface area contributed by atoms with Crippen molar-refractivity contribution in [1.29, 1.82) is 0 Å². The number of nitrogens with one attached hydrogen (secondary N) is 1. The van der Waals surface area contributed by atoms with Crippen LogP contribution in [-0.4, -0.2) is 34.7 Å². The van der Waals surface area contributed by atoms with Gasteiger partial charge in [0, 0.05) is 16.3 Å². The topological polar surface area (TPSA) is 96.5 Å². The van der Waals surface area contributed by atoms with Crippen molar-refractivity contribution in [2.45, 2.75) is 32.7 Å². The molecule has 2 heterocycles. The molecule has 3 aromatic carbocycles. The number of hydrogen-bond donors (Lipinski definition) is 1. The van der Waals surface area contributed by atoms with Gasteiger partial charge in [0.15, 0.2) is 11.8 Å². The van der Waals surface area contributed by atoms with E-state index in [0.29, 0.717) is 37.9 Å². The number of rotatable bonds is 9. The molecule has 5 rings (SSSR count). The molecule has 1 aliphatic heterocycles. The van der Waals surface area contributed by atoms with Gasteiger partial charge in [0.2, 0.25) is 0 Å². The highest BCUT2D eigenvalue weighted by atomic mass is 35.5. The number of furan rings is 1. The highest BCUT2D eigenvalue weighted by Gasteiger charge is 2.34. The van der Waals surface area contributed by atoms with Crippen molar-refractivity contribution in [1.82, 2.24) is 4.90 Å². The van der Waals surface area contributed by atoms with Crippen LogP contribution in [0, 0.1) is 0 Å². The maximum atomic E-state index is 13.6. The molecule has 1 saturated heterocycles. The van der Waals surface area contributed by atoms with Crippen molar-refractivity contribution in [2.24, 2.45) is 10.2 Å². The second-order valence-electron chi connectivity index (χ2n) is 11.0. The van der Waals surface area contributed by atoms with Crippen molar-refractivity contribution in [3.05, 3.63) is 124 Å². The monoisotopic (exact) mass is 626 g/mol. The summed E-state index contributed by atoms with van der Waals surface area (Å²) >= 11 is 7.12. The summed E-state index contributed by atoms with van der Waals surface area (Å²) in [6.45, 7) is 6.48. The Labute approximate surface area is 265 Å². The van der Waals surface area contributed by atoms with Crippen LogP contribution in [0.3, 0.4) is 0 Å². The average molecular weight is 627 g/mol. The van der Waals surface area contributed by atoms with Gasteiger partial charge >= 0.3 is 0 Å². The van der Waals surface area contributed by atoms with E-state index >= 15 is 0 Å². The molecule has 1 fully saturated rings. The standard InChI is InChI=1S/C34H31ClN4O4S/c1-34(2,3)25-12-10-23(11-13-25)20-36-38-33-39(21-28-8-6-18-42-28)32(41)30(44-33)19-24-7-4-5-9-29(24)43-22-31(40)37-27-16-14-26(35)15-17-27/h4-20H,21-22H2,1-3H3,(H,37,40)/b30-19-,36-20-,38-33+. The van der Waals surface area contributed by atoms with Crippen molar-refractivity contribution >= 4 is 58.3 Å². The number of carbonyl (C=O) groups is 2. The average Bonchev–Trinajstić information content (AvgIpc) is 3.62. The van der Waals surface area contributed by atoms with Crippen LogP contribution in [0.2, 0.25) is 5.02 Å². The van der Waals surface area contributed by atoms with E-state index in [1.54, 1.807) is 67.1 Å². The number of ether oxygens (including phenoxy) is 1. The molecule has 0 radical (unpaired) electrons. The third-order valence-electron chi connectivity index (χ3n) is 6.60. The quantitative estimate of drug-likeness (QED) is 0.116. The minimum absolute atomic E-state index is 0.0549. The van der Waals surface area contributed by atoms with Crippen molar-refractivity contribution in [3.8, 4) is 5.75 Å². The Balaban J connectivity index is 1.33. The van der Waals surface area contributed by atoms with Gasteiger partial charge in [-0.25, -0.2) is 0 Å². The van der Waals surface area contributed by atoms with E-state index in [-0.39, 0.29) is 30.4 Å². The van der Waals surface area contributed by atoms with Crippen LogP contribution in [0.5, 0.6) is 5.75 Å². The molecule has 1 aliphatic rings. The fourth-order valence-electron chi connectivity index (χ4n) is 4.24. The molecular formula is C34H31ClN4O4S. The number of amidine groups is 1. The van der Waals surface area contributed by atoms with Crippen LogP contribution in [0.4, 0.5) is 5.69 Å². The van der Waals surface area contributed by atoms with Gasteiger partial charge in [0.25, 0.3) is 11.8 Å². The highest BCUT2D eigenvalue weighted by molar-refractivity contribution is 8.18. The number of benzene rings is 3. The minimum atomic E-state index is -0.328. The van der Waals surface area contributed by atoms with E-state index in [4.69, 9.17) is 20.8 Å². The van der Waals surface area contributed by atoms with Crippen LogP contribution in [0.15, 0.2) is 111 Å². The molecule has 1 aromatic heterocycles. The number of hydrogen-bond acceptors (Lipinski definition) is 7. The fourth-order valence-corrected chi connectivity index (χ4v) is 5.29. The van der Waals surface area contributed by atoms with Crippen LogP contribution < -0.4 is 10.1 Å². The Bertz CT molecular complexity index is 1710.